The topological polar surface area (TPSA) is 105 Å². The van der Waals surface area contributed by atoms with Crippen LogP contribution in [0, 0.1) is 0 Å². The molecule has 8 nitrogen and oxygen atoms in total. The van der Waals surface area contributed by atoms with E-state index in [9.17, 15) is 19.5 Å². The van der Waals surface area contributed by atoms with Gasteiger partial charge in [0.25, 0.3) is 11.7 Å². The lowest BCUT2D eigenvalue weighted by molar-refractivity contribution is -0.132. The maximum Gasteiger partial charge on any atom is 0.300 e. The van der Waals surface area contributed by atoms with Gasteiger partial charge in [0.05, 0.1) is 25.8 Å². The molecule has 1 heterocycles. The number of benzene rings is 3. The normalized spacial score (nSPS) is 16.6. The Labute approximate surface area is 221 Å². The summed E-state index contributed by atoms with van der Waals surface area (Å²) in [5.74, 6) is -0.784. The van der Waals surface area contributed by atoms with Crippen molar-refractivity contribution in [3.8, 4) is 11.5 Å². The summed E-state index contributed by atoms with van der Waals surface area (Å²) in [5.41, 5.74) is 2.70. The summed E-state index contributed by atoms with van der Waals surface area (Å²) < 4.78 is 10.7. The number of carbonyl (C=O) groups excluding carboxylic acids is 3. The Bertz CT molecular complexity index is 1420. The predicted molar refractivity (Wildman–Crippen MR) is 146 cm³/mol. The van der Waals surface area contributed by atoms with E-state index in [4.69, 9.17) is 9.47 Å². The van der Waals surface area contributed by atoms with Crippen LogP contribution in [-0.2, 0) is 14.4 Å². The summed E-state index contributed by atoms with van der Waals surface area (Å²) in [4.78, 5) is 39.9. The van der Waals surface area contributed by atoms with Gasteiger partial charge < -0.3 is 19.9 Å². The van der Waals surface area contributed by atoms with Crippen LogP contribution in [0.3, 0.4) is 0 Å². The van der Waals surface area contributed by atoms with E-state index in [1.54, 1.807) is 80.9 Å². The Morgan fingerprint density at radius 2 is 1.68 bits per heavy atom. The second kappa shape index (κ2) is 10.8. The maximum atomic E-state index is 13.5. The minimum atomic E-state index is -0.918. The van der Waals surface area contributed by atoms with E-state index in [0.29, 0.717) is 34.0 Å². The summed E-state index contributed by atoms with van der Waals surface area (Å²) >= 11 is 0. The lowest BCUT2D eigenvalue weighted by Crippen LogP contribution is -2.29. The van der Waals surface area contributed by atoms with Crippen LogP contribution < -0.4 is 19.7 Å². The van der Waals surface area contributed by atoms with Gasteiger partial charge >= 0.3 is 0 Å². The SMILES string of the molecule is COc1ccc(C2/C(=C(/O)c3ccc(OC)c(C(C)C)c3)C(=O)C(=O)N2c2cccc(NC(C)=O)c2)cc1. The highest BCUT2D eigenvalue weighted by atomic mass is 16.5. The summed E-state index contributed by atoms with van der Waals surface area (Å²) in [6, 6.07) is 17.9. The van der Waals surface area contributed by atoms with Gasteiger partial charge in [0.2, 0.25) is 5.91 Å². The number of anilines is 2. The zero-order chi connectivity index (χ0) is 27.6. The van der Waals surface area contributed by atoms with Gasteiger partial charge in [0.15, 0.2) is 0 Å². The first-order chi connectivity index (χ1) is 18.2. The average molecular weight is 515 g/mol. The van der Waals surface area contributed by atoms with E-state index < -0.39 is 17.7 Å². The second-order valence-corrected chi connectivity index (χ2v) is 9.29. The van der Waals surface area contributed by atoms with Gasteiger partial charge in [-0.2, -0.15) is 0 Å². The third-order valence-electron chi connectivity index (χ3n) is 6.45. The number of nitrogens with zero attached hydrogens (tertiary/aromatic N) is 1. The van der Waals surface area contributed by atoms with Gasteiger partial charge in [-0.1, -0.05) is 32.0 Å². The molecule has 1 aliphatic heterocycles. The minimum Gasteiger partial charge on any atom is -0.507 e. The molecule has 0 spiro atoms. The van der Waals surface area contributed by atoms with Crippen molar-refractivity contribution < 1.29 is 29.0 Å². The molecule has 3 aromatic rings. The summed E-state index contributed by atoms with van der Waals surface area (Å²) in [5, 5.41) is 14.2. The molecule has 1 unspecified atom stereocenters. The van der Waals surface area contributed by atoms with Crippen molar-refractivity contribution in [2.45, 2.75) is 32.7 Å². The van der Waals surface area contributed by atoms with E-state index in [2.05, 4.69) is 5.32 Å². The number of hydrogen-bond donors (Lipinski definition) is 2. The van der Waals surface area contributed by atoms with Crippen molar-refractivity contribution in [3.63, 3.8) is 0 Å². The number of ether oxygens (including phenoxy) is 2. The van der Waals surface area contributed by atoms with E-state index in [1.165, 1.54) is 11.8 Å². The Kier molecular flexibility index (Phi) is 7.52. The maximum absolute atomic E-state index is 13.5. The first-order valence-electron chi connectivity index (χ1n) is 12.2. The highest BCUT2D eigenvalue weighted by Gasteiger charge is 2.47. The Hall–Kier alpha value is -4.59. The summed E-state index contributed by atoms with van der Waals surface area (Å²) in [6.07, 6.45) is 0. The number of Topliss-reactive ketones (excluding diaryl/α,β-unsaturated/α-hetero) is 1. The molecule has 0 bridgehead atoms. The van der Waals surface area contributed by atoms with E-state index in [0.717, 1.165) is 5.56 Å². The van der Waals surface area contributed by atoms with Crippen molar-refractivity contribution in [2.75, 3.05) is 24.4 Å². The molecule has 0 radical (unpaired) electrons. The molecule has 0 aliphatic carbocycles. The van der Waals surface area contributed by atoms with E-state index in [1.807, 2.05) is 13.8 Å². The van der Waals surface area contributed by atoms with Gasteiger partial charge in [-0.05, 0) is 65.6 Å². The van der Waals surface area contributed by atoms with Crippen LogP contribution in [-0.4, -0.2) is 36.9 Å². The quantitative estimate of drug-likeness (QED) is 0.248. The van der Waals surface area contributed by atoms with Crippen molar-refractivity contribution in [3.05, 3.63) is 89.0 Å². The van der Waals surface area contributed by atoms with Crippen LogP contribution in [0.25, 0.3) is 5.76 Å². The number of nitrogens with one attached hydrogen (secondary N) is 1. The molecule has 196 valence electrons. The van der Waals surface area contributed by atoms with Gasteiger partial charge in [-0.25, -0.2) is 0 Å². The minimum absolute atomic E-state index is 0.0371. The molecule has 1 saturated heterocycles. The predicted octanol–water partition coefficient (Wildman–Crippen LogP) is 5.41. The first kappa shape index (κ1) is 26.5. The third kappa shape index (κ3) is 4.98. The standard InChI is InChI=1S/C30H30N2O6/c1-17(2)24-15-20(11-14-25(24)38-5)28(34)26-27(19-9-12-23(37-4)13-10-19)32(30(36)29(26)35)22-8-6-7-21(16-22)31-18(3)33/h6-17,27,34H,1-5H3,(H,31,33)/b28-26-. The van der Waals surface area contributed by atoms with E-state index >= 15 is 0 Å². The largest absolute Gasteiger partial charge is 0.507 e. The zero-order valence-corrected chi connectivity index (χ0v) is 21.9. The summed E-state index contributed by atoms with van der Waals surface area (Å²) in [7, 11) is 3.12. The molecule has 1 fully saturated rings. The number of amides is 2. The van der Waals surface area contributed by atoms with Gasteiger partial charge in [-0.3, -0.25) is 19.3 Å². The fourth-order valence-electron chi connectivity index (χ4n) is 4.63. The van der Waals surface area contributed by atoms with Crippen molar-refractivity contribution in [1.29, 1.82) is 0 Å². The molecule has 3 aromatic carbocycles. The van der Waals surface area contributed by atoms with Gasteiger partial charge in [0, 0.05) is 23.9 Å². The molecule has 2 N–H and O–H groups in total. The third-order valence-corrected chi connectivity index (χ3v) is 6.45. The van der Waals surface area contributed by atoms with Crippen LogP contribution >= 0.6 is 0 Å². The van der Waals surface area contributed by atoms with Crippen molar-refractivity contribution in [2.24, 2.45) is 0 Å². The monoisotopic (exact) mass is 514 g/mol. The molecular formula is C30H30N2O6. The molecule has 4 rings (SSSR count). The molecule has 0 saturated carbocycles. The van der Waals surface area contributed by atoms with Crippen molar-refractivity contribution in [1.82, 2.24) is 0 Å². The van der Waals surface area contributed by atoms with Crippen LogP contribution in [0.5, 0.6) is 11.5 Å². The molecule has 1 atom stereocenters. The molecular weight excluding hydrogens is 484 g/mol. The summed E-state index contributed by atoms with van der Waals surface area (Å²) in [6.45, 7) is 5.39. The first-order valence-corrected chi connectivity index (χ1v) is 12.2. The number of hydrogen-bond acceptors (Lipinski definition) is 6. The zero-order valence-electron chi connectivity index (χ0n) is 21.9. The molecule has 8 heteroatoms. The molecule has 1 aliphatic rings. The number of rotatable bonds is 7. The molecule has 2 amide bonds. The van der Waals surface area contributed by atoms with Crippen molar-refractivity contribution >= 4 is 34.7 Å². The average Bonchev–Trinajstić information content (AvgIpc) is 3.17. The van der Waals surface area contributed by atoms with Gasteiger partial charge in [-0.15, -0.1) is 0 Å². The van der Waals surface area contributed by atoms with Crippen LogP contribution in [0.1, 0.15) is 49.4 Å². The number of aliphatic hydroxyl groups excluding tert-OH is 1. The van der Waals surface area contributed by atoms with Crippen LogP contribution in [0.2, 0.25) is 0 Å². The molecule has 0 aromatic heterocycles. The lowest BCUT2D eigenvalue weighted by Gasteiger charge is -2.26. The smallest absolute Gasteiger partial charge is 0.300 e. The van der Waals surface area contributed by atoms with Crippen LogP contribution in [0.4, 0.5) is 11.4 Å². The number of carbonyl (C=O) groups is 3. The highest BCUT2D eigenvalue weighted by molar-refractivity contribution is 6.51. The van der Waals surface area contributed by atoms with E-state index in [-0.39, 0.29) is 23.2 Å². The number of aliphatic hydroxyl groups is 1. The lowest BCUT2D eigenvalue weighted by atomic mass is 9.93. The Morgan fingerprint density at radius 3 is 2.29 bits per heavy atom. The Morgan fingerprint density at radius 1 is 0.974 bits per heavy atom. The van der Waals surface area contributed by atoms with Crippen LogP contribution in [0.15, 0.2) is 72.3 Å². The fraction of sp³-hybridized carbons (Fsp3) is 0.233. The van der Waals surface area contributed by atoms with Gasteiger partial charge in [0.1, 0.15) is 17.3 Å². The Balaban J connectivity index is 1.93. The highest BCUT2D eigenvalue weighted by Crippen LogP contribution is 2.43. The fourth-order valence-corrected chi connectivity index (χ4v) is 4.63. The number of methoxy groups -OCH3 is 2. The number of ketones is 1. The molecule has 38 heavy (non-hydrogen) atoms. The second-order valence-electron chi connectivity index (χ2n) is 9.29.